The lowest BCUT2D eigenvalue weighted by Crippen LogP contribution is -2.29. The lowest BCUT2D eigenvalue weighted by Gasteiger charge is -2.14. The monoisotopic (exact) mass is 693 g/mol. The number of nitrogens with zero attached hydrogens (tertiary/aromatic N) is 4. The van der Waals surface area contributed by atoms with Gasteiger partial charge in [0.25, 0.3) is 5.56 Å². The summed E-state index contributed by atoms with van der Waals surface area (Å²) in [5.41, 5.74) is 4.04. The Morgan fingerprint density at radius 3 is 2.35 bits per heavy atom. The molecule has 3 amide bonds. The van der Waals surface area contributed by atoms with Gasteiger partial charge in [0.05, 0.1) is 28.0 Å². The van der Waals surface area contributed by atoms with Gasteiger partial charge in [0, 0.05) is 44.0 Å². The summed E-state index contributed by atoms with van der Waals surface area (Å²) >= 11 is 12.2. The minimum atomic E-state index is -0.692. The van der Waals surface area contributed by atoms with E-state index in [1.54, 1.807) is 6.92 Å². The number of aliphatic hydroxyl groups is 1. The zero-order chi connectivity index (χ0) is 34.5. The first kappa shape index (κ1) is 36.5. The van der Waals surface area contributed by atoms with Crippen LogP contribution >= 0.6 is 23.2 Å². The highest BCUT2D eigenvalue weighted by molar-refractivity contribution is 6.39. The SMILES string of the molecule is CCn1nc(-c2cccc(-c3ccc(CCC(=O)NCCCCCN(C)CCO)cc3)c2)cc(NC(=O)Nc2c(Cl)cncc2Cl)c1=O. The van der Waals surface area contributed by atoms with Crippen molar-refractivity contribution in [2.24, 2.45) is 0 Å². The first-order valence-corrected chi connectivity index (χ1v) is 16.7. The Balaban J connectivity index is 1.36. The number of rotatable bonds is 16. The van der Waals surface area contributed by atoms with Crippen molar-refractivity contribution in [1.82, 2.24) is 25.0 Å². The smallest absolute Gasteiger partial charge is 0.323 e. The molecule has 0 saturated carbocycles. The van der Waals surface area contributed by atoms with Gasteiger partial charge in [-0.1, -0.05) is 72.1 Å². The fourth-order valence-electron chi connectivity index (χ4n) is 5.05. The molecular formula is C35H41Cl2N7O4. The molecule has 0 radical (unpaired) electrons. The number of pyridine rings is 1. The van der Waals surface area contributed by atoms with Crippen LogP contribution in [0.2, 0.25) is 10.0 Å². The number of aromatic nitrogens is 3. The molecule has 4 aromatic rings. The Morgan fingerprint density at radius 2 is 1.65 bits per heavy atom. The molecule has 0 fully saturated rings. The molecule has 0 saturated heterocycles. The number of nitrogens with one attached hydrogen (secondary N) is 3. The minimum absolute atomic E-state index is 0.0430. The Kier molecular flexibility index (Phi) is 13.9. The zero-order valence-electron chi connectivity index (χ0n) is 27.1. The first-order chi connectivity index (χ1) is 23.2. The van der Waals surface area contributed by atoms with Crippen molar-refractivity contribution in [2.75, 3.05) is 43.9 Å². The van der Waals surface area contributed by atoms with Crippen LogP contribution in [0, 0.1) is 0 Å². The average Bonchev–Trinajstić information content (AvgIpc) is 3.08. The number of carbonyl (C=O) groups excluding carboxylic acids is 2. The number of likely N-dealkylation sites (N-methyl/N-ethyl adjacent to an activating group) is 1. The normalized spacial score (nSPS) is 11.0. The molecule has 4 rings (SSSR count). The number of benzene rings is 2. The van der Waals surface area contributed by atoms with Crippen molar-refractivity contribution < 1.29 is 14.7 Å². The molecule has 0 spiro atoms. The number of hydrogen-bond donors (Lipinski definition) is 4. The lowest BCUT2D eigenvalue weighted by atomic mass is 9.99. The lowest BCUT2D eigenvalue weighted by molar-refractivity contribution is -0.121. The molecule has 0 atom stereocenters. The van der Waals surface area contributed by atoms with Crippen molar-refractivity contribution in [2.45, 2.75) is 45.6 Å². The summed E-state index contributed by atoms with van der Waals surface area (Å²) < 4.78 is 1.29. The Hall–Kier alpha value is -4.29. The van der Waals surface area contributed by atoms with Crippen molar-refractivity contribution in [1.29, 1.82) is 0 Å². The maximum absolute atomic E-state index is 13.0. The summed E-state index contributed by atoms with van der Waals surface area (Å²) in [5.74, 6) is 0.0430. The predicted molar refractivity (Wildman–Crippen MR) is 192 cm³/mol. The molecule has 4 N–H and O–H groups in total. The van der Waals surface area contributed by atoms with E-state index in [1.807, 2.05) is 55.6 Å². The van der Waals surface area contributed by atoms with Crippen LogP contribution in [0.1, 0.15) is 38.2 Å². The number of carbonyl (C=O) groups is 2. The molecule has 11 nitrogen and oxygen atoms in total. The molecule has 13 heteroatoms. The Bertz CT molecular complexity index is 1730. The second-order valence-corrected chi connectivity index (χ2v) is 12.2. The van der Waals surface area contributed by atoms with Crippen LogP contribution < -0.4 is 21.5 Å². The minimum Gasteiger partial charge on any atom is -0.395 e. The molecule has 2 aromatic carbocycles. The molecule has 254 valence electrons. The van der Waals surface area contributed by atoms with Crippen LogP contribution in [0.5, 0.6) is 0 Å². The second-order valence-electron chi connectivity index (χ2n) is 11.3. The van der Waals surface area contributed by atoms with Crippen molar-refractivity contribution in [3.63, 3.8) is 0 Å². The van der Waals surface area contributed by atoms with Gasteiger partial charge in [-0.2, -0.15) is 5.10 Å². The molecule has 0 bridgehead atoms. The maximum atomic E-state index is 13.0. The number of aliphatic hydroxyl groups excluding tert-OH is 1. The van der Waals surface area contributed by atoms with Gasteiger partial charge in [-0.05, 0) is 68.6 Å². The average molecular weight is 695 g/mol. The Morgan fingerprint density at radius 1 is 0.917 bits per heavy atom. The van der Waals surface area contributed by atoms with E-state index in [9.17, 15) is 14.4 Å². The van der Waals surface area contributed by atoms with Crippen LogP contribution in [-0.2, 0) is 17.8 Å². The van der Waals surface area contributed by atoms with E-state index in [4.69, 9.17) is 28.3 Å². The summed E-state index contributed by atoms with van der Waals surface area (Å²) in [5, 5.41) is 22.0. The van der Waals surface area contributed by atoms with Gasteiger partial charge in [-0.15, -0.1) is 0 Å². The van der Waals surface area contributed by atoms with Crippen LogP contribution in [0.25, 0.3) is 22.4 Å². The highest BCUT2D eigenvalue weighted by Gasteiger charge is 2.15. The first-order valence-electron chi connectivity index (χ1n) is 15.9. The summed E-state index contributed by atoms with van der Waals surface area (Å²) in [7, 11) is 2.00. The molecule has 48 heavy (non-hydrogen) atoms. The third-order valence-electron chi connectivity index (χ3n) is 7.72. The number of hydrogen-bond acceptors (Lipinski definition) is 7. The van der Waals surface area contributed by atoms with E-state index in [1.165, 1.54) is 23.1 Å². The topological polar surface area (TPSA) is 141 Å². The number of unbranched alkanes of at least 4 members (excludes halogenated alkanes) is 2. The molecule has 2 heterocycles. The number of urea groups is 1. The van der Waals surface area contributed by atoms with Gasteiger partial charge < -0.3 is 26.0 Å². The van der Waals surface area contributed by atoms with E-state index >= 15 is 0 Å². The predicted octanol–water partition coefficient (Wildman–Crippen LogP) is 6.09. The highest BCUT2D eigenvalue weighted by Crippen LogP contribution is 2.29. The van der Waals surface area contributed by atoms with Crippen molar-refractivity contribution in [3.05, 3.63) is 93.0 Å². The molecule has 0 aliphatic heterocycles. The van der Waals surface area contributed by atoms with Crippen LogP contribution in [0.4, 0.5) is 16.2 Å². The van der Waals surface area contributed by atoms with E-state index < -0.39 is 11.6 Å². The maximum Gasteiger partial charge on any atom is 0.323 e. The van der Waals surface area contributed by atoms with Gasteiger partial charge in [0.2, 0.25) is 5.91 Å². The highest BCUT2D eigenvalue weighted by atomic mass is 35.5. The van der Waals surface area contributed by atoms with Gasteiger partial charge in [0.1, 0.15) is 5.69 Å². The van der Waals surface area contributed by atoms with Crippen LogP contribution in [0.15, 0.2) is 71.8 Å². The fraction of sp³-hybridized carbons (Fsp3) is 0.343. The summed E-state index contributed by atoms with van der Waals surface area (Å²) in [6.07, 6.45) is 6.78. The number of halogens is 2. The van der Waals surface area contributed by atoms with Crippen molar-refractivity contribution >= 4 is 46.5 Å². The van der Waals surface area contributed by atoms with Crippen LogP contribution in [0.3, 0.4) is 0 Å². The van der Waals surface area contributed by atoms with E-state index in [0.717, 1.165) is 48.1 Å². The largest absolute Gasteiger partial charge is 0.395 e. The third kappa shape index (κ3) is 10.6. The quantitative estimate of drug-likeness (QED) is 0.104. The van der Waals surface area contributed by atoms with Crippen LogP contribution in [-0.4, -0.2) is 70.0 Å². The summed E-state index contributed by atoms with van der Waals surface area (Å²) in [4.78, 5) is 44.1. The summed E-state index contributed by atoms with van der Waals surface area (Å²) in [6, 6.07) is 16.7. The fourth-order valence-corrected chi connectivity index (χ4v) is 5.51. The molecule has 0 unspecified atom stereocenters. The molecule has 0 aliphatic rings. The summed E-state index contributed by atoms with van der Waals surface area (Å²) in [6.45, 7) is 4.56. The molecule has 0 aliphatic carbocycles. The standard InChI is InChI=1S/C35H41Cl2N7O4/c1-3-44-34(47)31(40-35(48)41-33-28(36)22-38-23-29(33)37)21-30(42-44)27-9-7-8-26(20-27)25-13-10-24(11-14-25)12-15-32(46)39-16-5-4-6-17-43(2)18-19-45/h7-11,13-14,20-23,45H,3-6,12,15-19H2,1-2H3,(H,39,46)(H2,38,40,41,48). The molecule has 2 aromatic heterocycles. The van der Waals surface area contributed by atoms with E-state index in [2.05, 4.69) is 30.9 Å². The van der Waals surface area contributed by atoms with Gasteiger partial charge in [-0.25, -0.2) is 9.48 Å². The van der Waals surface area contributed by atoms with E-state index in [-0.39, 0.29) is 33.9 Å². The van der Waals surface area contributed by atoms with Gasteiger partial charge >= 0.3 is 6.03 Å². The van der Waals surface area contributed by atoms with Gasteiger partial charge in [-0.3, -0.25) is 14.6 Å². The third-order valence-corrected chi connectivity index (χ3v) is 8.29. The molecular weight excluding hydrogens is 653 g/mol. The van der Waals surface area contributed by atoms with E-state index in [0.29, 0.717) is 38.2 Å². The Labute approximate surface area is 290 Å². The number of anilines is 2. The number of amides is 3. The second kappa shape index (κ2) is 18.3. The van der Waals surface area contributed by atoms with Crippen molar-refractivity contribution in [3.8, 4) is 22.4 Å². The number of aryl methyl sites for hydroxylation is 2. The van der Waals surface area contributed by atoms with Gasteiger partial charge in [0.15, 0.2) is 0 Å². The zero-order valence-corrected chi connectivity index (χ0v) is 28.7.